The second kappa shape index (κ2) is 9.09. The number of carbonyl (C=O) groups is 2. The monoisotopic (exact) mass is 396 g/mol. The Bertz CT molecular complexity index is 853. The minimum absolute atomic E-state index is 0.0180. The normalized spacial score (nSPS) is 16.4. The van der Waals surface area contributed by atoms with E-state index in [-0.39, 0.29) is 31.4 Å². The molecule has 0 spiro atoms. The Labute approximate surface area is 171 Å². The van der Waals surface area contributed by atoms with Crippen LogP contribution in [-0.4, -0.2) is 42.7 Å². The molecule has 0 saturated carbocycles. The first-order chi connectivity index (χ1) is 13.9. The number of aliphatic hydroxyl groups is 1. The third-order valence-corrected chi connectivity index (χ3v) is 5.52. The Hall–Kier alpha value is -2.86. The summed E-state index contributed by atoms with van der Waals surface area (Å²) in [4.78, 5) is 26.3. The predicted octanol–water partition coefficient (Wildman–Crippen LogP) is 2.55. The lowest BCUT2D eigenvalue weighted by atomic mass is 9.79. The van der Waals surface area contributed by atoms with E-state index in [1.165, 1.54) is 0 Å². The molecular weight excluding hydrogens is 368 g/mol. The number of anilines is 1. The highest BCUT2D eigenvalue weighted by molar-refractivity contribution is 5.98. The molecule has 1 heterocycles. The van der Waals surface area contributed by atoms with Crippen LogP contribution in [0.15, 0.2) is 54.6 Å². The molecule has 0 saturated heterocycles. The smallest absolute Gasteiger partial charge is 0.265 e. The summed E-state index contributed by atoms with van der Waals surface area (Å²) >= 11 is 0. The van der Waals surface area contributed by atoms with Gasteiger partial charge < -0.3 is 20.1 Å². The largest absolute Gasteiger partial charge is 0.482 e. The van der Waals surface area contributed by atoms with Crippen molar-refractivity contribution >= 4 is 17.5 Å². The zero-order valence-electron chi connectivity index (χ0n) is 16.9. The van der Waals surface area contributed by atoms with Crippen LogP contribution in [0.3, 0.4) is 0 Å². The topological polar surface area (TPSA) is 78.9 Å². The zero-order chi connectivity index (χ0) is 20.9. The van der Waals surface area contributed by atoms with Gasteiger partial charge in [0.2, 0.25) is 5.91 Å². The number of carbonyl (C=O) groups excluding carboxylic acids is 2. The summed E-state index contributed by atoms with van der Waals surface area (Å²) in [7, 11) is 0. The Morgan fingerprint density at radius 2 is 1.90 bits per heavy atom. The SMILES string of the molecule is C[C@@H](O)[C@](C)(CNC(=O)CCN1C(=O)COc2ccccc21)Cc1ccccc1. The van der Waals surface area contributed by atoms with Crippen molar-refractivity contribution in [2.24, 2.45) is 5.41 Å². The summed E-state index contributed by atoms with van der Waals surface area (Å²) in [5, 5.41) is 13.2. The maximum absolute atomic E-state index is 12.5. The number of rotatable bonds is 8. The highest BCUT2D eigenvalue weighted by atomic mass is 16.5. The minimum atomic E-state index is -0.587. The number of nitrogens with zero attached hydrogens (tertiary/aromatic N) is 1. The lowest BCUT2D eigenvalue weighted by Crippen LogP contribution is -2.45. The molecule has 1 aliphatic heterocycles. The van der Waals surface area contributed by atoms with Crippen molar-refractivity contribution in [3.8, 4) is 5.75 Å². The van der Waals surface area contributed by atoms with Gasteiger partial charge in [-0.1, -0.05) is 49.4 Å². The van der Waals surface area contributed by atoms with Gasteiger partial charge in [0.05, 0.1) is 11.8 Å². The molecular formula is C23H28N2O4. The van der Waals surface area contributed by atoms with E-state index in [1.54, 1.807) is 11.8 Å². The molecule has 29 heavy (non-hydrogen) atoms. The fourth-order valence-electron chi connectivity index (χ4n) is 3.42. The van der Waals surface area contributed by atoms with Crippen LogP contribution in [0.25, 0.3) is 0 Å². The van der Waals surface area contributed by atoms with Crippen molar-refractivity contribution < 1.29 is 19.4 Å². The van der Waals surface area contributed by atoms with E-state index in [2.05, 4.69) is 5.32 Å². The van der Waals surface area contributed by atoms with Gasteiger partial charge in [0.25, 0.3) is 5.91 Å². The molecule has 3 rings (SSSR count). The summed E-state index contributed by atoms with van der Waals surface area (Å²) in [5.74, 6) is 0.341. The van der Waals surface area contributed by atoms with Crippen LogP contribution < -0.4 is 15.0 Å². The third-order valence-electron chi connectivity index (χ3n) is 5.52. The Morgan fingerprint density at radius 1 is 1.21 bits per heavy atom. The van der Waals surface area contributed by atoms with Gasteiger partial charge in [-0.2, -0.15) is 0 Å². The number of aliphatic hydroxyl groups excluding tert-OH is 1. The number of nitrogens with one attached hydrogen (secondary N) is 1. The Kier molecular flexibility index (Phi) is 6.54. The number of benzene rings is 2. The molecule has 2 atom stereocenters. The van der Waals surface area contributed by atoms with Crippen LogP contribution in [0.5, 0.6) is 5.75 Å². The molecule has 0 fully saturated rings. The van der Waals surface area contributed by atoms with E-state index in [4.69, 9.17) is 4.74 Å². The third kappa shape index (κ3) is 5.15. The summed E-state index contributed by atoms with van der Waals surface area (Å²) in [6.07, 6.45) is 0.248. The van der Waals surface area contributed by atoms with E-state index in [9.17, 15) is 14.7 Å². The van der Waals surface area contributed by atoms with Gasteiger partial charge in [-0.05, 0) is 31.0 Å². The van der Waals surface area contributed by atoms with Gasteiger partial charge in [0, 0.05) is 24.9 Å². The number of para-hydroxylation sites is 2. The summed E-state index contributed by atoms with van der Waals surface area (Å²) in [6, 6.07) is 17.2. The summed E-state index contributed by atoms with van der Waals surface area (Å²) in [6.45, 7) is 4.34. The Morgan fingerprint density at radius 3 is 2.62 bits per heavy atom. The van der Waals surface area contributed by atoms with Crippen LogP contribution in [0.1, 0.15) is 25.8 Å². The molecule has 2 amide bonds. The molecule has 0 aliphatic carbocycles. The van der Waals surface area contributed by atoms with Gasteiger partial charge in [-0.15, -0.1) is 0 Å². The molecule has 0 radical (unpaired) electrons. The van der Waals surface area contributed by atoms with Crippen molar-refractivity contribution in [3.05, 3.63) is 60.2 Å². The first kappa shape index (κ1) is 20.9. The zero-order valence-corrected chi connectivity index (χ0v) is 16.9. The van der Waals surface area contributed by atoms with Crippen molar-refractivity contribution in [1.82, 2.24) is 5.32 Å². The fourth-order valence-corrected chi connectivity index (χ4v) is 3.42. The molecule has 2 aromatic carbocycles. The molecule has 2 N–H and O–H groups in total. The van der Waals surface area contributed by atoms with Crippen LogP contribution in [-0.2, 0) is 16.0 Å². The Balaban J connectivity index is 1.57. The first-order valence-corrected chi connectivity index (χ1v) is 9.90. The quantitative estimate of drug-likeness (QED) is 0.719. The van der Waals surface area contributed by atoms with Gasteiger partial charge in [-0.3, -0.25) is 9.59 Å². The highest BCUT2D eigenvalue weighted by Crippen LogP contribution is 2.31. The average Bonchev–Trinajstić information content (AvgIpc) is 2.72. The molecule has 6 heteroatoms. The van der Waals surface area contributed by atoms with Crippen LogP contribution in [0.2, 0.25) is 0 Å². The van der Waals surface area contributed by atoms with E-state index >= 15 is 0 Å². The van der Waals surface area contributed by atoms with Crippen molar-refractivity contribution in [1.29, 1.82) is 0 Å². The standard InChI is InChI=1S/C23H28N2O4/c1-17(26)23(2,14-18-8-4-3-5-9-18)16-24-21(27)12-13-25-19-10-6-7-11-20(19)29-15-22(25)28/h3-11,17,26H,12-16H2,1-2H3,(H,24,27)/t17-,23+/m1/s1. The molecule has 0 aromatic heterocycles. The van der Waals surface area contributed by atoms with Gasteiger partial charge in [0.1, 0.15) is 5.75 Å². The summed E-state index contributed by atoms with van der Waals surface area (Å²) in [5.41, 5.74) is 1.31. The number of amides is 2. The van der Waals surface area contributed by atoms with Crippen molar-refractivity contribution in [3.63, 3.8) is 0 Å². The maximum atomic E-state index is 12.5. The van der Waals surface area contributed by atoms with Crippen LogP contribution in [0.4, 0.5) is 5.69 Å². The fraction of sp³-hybridized carbons (Fsp3) is 0.391. The maximum Gasteiger partial charge on any atom is 0.265 e. The first-order valence-electron chi connectivity index (χ1n) is 9.90. The highest BCUT2D eigenvalue weighted by Gasteiger charge is 2.31. The molecule has 1 aliphatic rings. The van der Waals surface area contributed by atoms with Crippen molar-refractivity contribution in [2.75, 3.05) is 24.6 Å². The van der Waals surface area contributed by atoms with Gasteiger partial charge in [-0.25, -0.2) is 0 Å². The second-order valence-corrected chi connectivity index (χ2v) is 7.82. The molecule has 6 nitrogen and oxygen atoms in total. The lowest BCUT2D eigenvalue weighted by molar-refractivity contribution is -0.122. The number of fused-ring (bicyclic) bond motifs is 1. The van der Waals surface area contributed by atoms with E-state index in [0.29, 0.717) is 24.4 Å². The second-order valence-electron chi connectivity index (χ2n) is 7.82. The van der Waals surface area contributed by atoms with E-state index in [0.717, 1.165) is 5.56 Å². The number of hydrogen-bond donors (Lipinski definition) is 2. The van der Waals surface area contributed by atoms with Gasteiger partial charge >= 0.3 is 0 Å². The average molecular weight is 396 g/mol. The van der Waals surface area contributed by atoms with Crippen LogP contribution >= 0.6 is 0 Å². The summed E-state index contributed by atoms with van der Waals surface area (Å²) < 4.78 is 5.43. The number of ether oxygens (including phenoxy) is 1. The van der Waals surface area contributed by atoms with E-state index < -0.39 is 11.5 Å². The van der Waals surface area contributed by atoms with Gasteiger partial charge in [0.15, 0.2) is 6.61 Å². The van der Waals surface area contributed by atoms with Crippen molar-refractivity contribution in [2.45, 2.75) is 32.8 Å². The minimum Gasteiger partial charge on any atom is -0.482 e. The number of hydrogen-bond acceptors (Lipinski definition) is 4. The molecule has 0 unspecified atom stereocenters. The van der Waals surface area contributed by atoms with E-state index in [1.807, 2.05) is 61.5 Å². The molecule has 154 valence electrons. The molecule has 2 aromatic rings. The molecule has 0 bridgehead atoms. The lowest BCUT2D eigenvalue weighted by Gasteiger charge is -2.33. The predicted molar refractivity (Wildman–Crippen MR) is 112 cm³/mol. The van der Waals surface area contributed by atoms with Crippen LogP contribution in [0, 0.1) is 5.41 Å².